The average molecular weight is 349 g/mol. The molecule has 0 fully saturated rings. The lowest BCUT2D eigenvalue weighted by Gasteiger charge is -2.31. The smallest absolute Gasteiger partial charge is 0.260 e. The number of carbonyl (C=O) groups is 1. The number of hydrogen-bond donors (Lipinski definition) is 1. The van der Waals surface area contributed by atoms with Gasteiger partial charge in [0, 0.05) is 25.5 Å². The summed E-state index contributed by atoms with van der Waals surface area (Å²) < 4.78 is 27.8. The van der Waals surface area contributed by atoms with Crippen molar-refractivity contribution >= 4 is 11.7 Å². The Labute approximate surface area is 144 Å². The Morgan fingerprint density at radius 2 is 2.20 bits per heavy atom. The minimum Gasteiger partial charge on any atom is -0.367 e. The molecule has 3 atom stereocenters. The quantitative estimate of drug-likeness (QED) is 0.921. The molecule has 1 aliphatic heterocycles. The van der Waals surface area contributed by atoms with E-state index in [0.29, 0.717) is 11.4 Å². The van der Waals surface area contributed by atoms with Crippen molar-refractivity contribution in [1.82, 2.24) is 19.7 Å². The Bertz CT molecular complexity index is 749. The summed E-state index contributed by atoms with van der Waals surface area (Å²) in [6, 6.07) is 2.32. The van der Waals surface area contributed by atoms with E-state index in [1.165, 1.54) is 10.9 Å². The maximum absolute atomic E-state index is 13.3. The van der Waals surface area contributed by atoms with Crippen molar-refractivity contribution in [2.45, 2.75) is 44.8 Å². The molecule has 0 saturated carbocycles. The van der Waals surface area contributed by atoms with E-state index in [2.05, 4.69) is 15.4 Å². The Morgan fingerprint density at radius 3 is 2.84 bits per heavy atom. The molecule has 0 aliphatic carbocycles. The van der Waals surface area contributed by atoms with Crippen molar-refractivity contribution in [1.29, 1.82) is 0 Å². The average Bonchev–Trinajstić information content (AvgIpc) is 3.03. The zero-order chi connectivity index (χ0) is 18.1. The Kier molecular flexibility index (Phi) is 4.69. The first-order chi connectivity index (χ1) is 11.9. The normalized spacial score (nSPS) is 20.7. The number of rotatable bonds is 4. The van der Waals surface area contributed by atoms with Gasteiger partial charge in [-0.1, -0.05) is 6.07 Å². The summed E-state index contributed by atoms with van der Waals surface area (Å²) in [4.78, 5) is 18.5. The van der Waals surface area contributed by atoms with Gasteiger partial charge in [0.25, 0.3) is 12.3 Å². The van der Waals surface area contributed by atoms with Crippen molar-refractivity contribution in [2.75, 3.05) is 12.4 Å². The second-order valence-electron chi connectivity index (χ2n) is 6.41. The van der Waals surface area contributed by atoms with Gasteiger partial charge in [-0.05, 0) is 31.9 Å². The molecule has 134 valence electrons. The van der Waals surface area contributed by atoms with Gasteiger partial charge in [0.2, 0.25) is 0 Å². The minimum atomic E-state index is -2.53. The van der Waals surface area contributed by atoms with Crippen LogP contribution in [-0.2, 0) is 0 Å². The Hall–Kier alpha value is -2.51. The molecule has 2 aromatic rings. The van der Waals surface area contributed by atoms with Crippen LogP contribution in [-0.4, -0.2) is 45.1 Å². The summed E-state index contributed by atoms with van der Waals surface area (Å²) >= 11 is 0. The van der Waals surface area contributed by atoms with E-state index in [0.717, 1.165) is 5.56 Å². The molecule has 6 nitrogen and oxygen atoms in total. The highest BCUT2D eigenvalue weighted by Gasteiger charge is 2.35. The van der Waals surface area contributed by atoms with Gasteiger partial charge in [-0.3, -0.25) is 9.78 Å². The highest BCUT2D eigenvalue weighted by molar-refractivity contribution is 5.99. The topological polar surface area (TPSA) is 63.1 Å². The number of alkyl halides is 2. The molecular formula is C17H21F2N5O. The van der Waals surface area contributed by atoms with Gasteiger partial charge in [0.15, 0.2) is 0 Å². The van der Waals surface area contributed by atoms with Crippen LogP contribution in [0.25, 0.3) is 0 Å². The number of hydrogen-bond acceptors (Lipinski definition) is 4. The molecule has 1 unspecified atom stereocenters. The lowest BCUT2D eigenvalue weighted by atomic mass is 10.1. The predicted molar refractivity (Wildman–Crippen MR) is 89.7 cm³/mol. The first-order valence-electron chi connectivity index (χ1n) is 8.19. The number of fused-ring (bicyclic) bond motifs is 1. The summed E-state index contributed by atoms with van der Waals surface area (Å²) in [7, 11) is 1.68. The molecule has 1 N–H and O–H groups in total. The van der Waals surface area contributed by atoms with Crippen LogP contribution in [0.3, 0.4) is 0 Å². The molecule has 0 spiro atoms. The minimum absolute atomic E-state index is 0.157. The fourth-order valence-electron chi connectivity index (χ4n) is 3.09. The van der Waals surface area contributed by atoms with Gasteiger partial charge >= 0.3 is 0 Å². The molecule has 1 amide bonds. The zero-order valence-corrected chi connectivity index (χ0v) is 14.4. The van der Waals surface area contributed by atoms with Crippen molar-refractivity contribution in [3.8, 4) is 0 Å². The van der Waals surface area contributed by atoms with Crippen LogP contribution in [0, 0.1) is 0 Å². The first-order valence-corrected chi connectivity index (χ1v) is 8.19. The summed E-state index contributed by atoms with van der Waals surface area (Å²) in [5.41, 5.74) is 1.20. The van der Waals surface area contributed by atoms with E-state index >= 15 is 0 Å². The number of nitrogens with one attached hydrogen (secondary N) is 1. The van der Waals surface area contributed by atoms with Crippen molar-refractivity contribution in [3.63, 3.8) is 0 Å². The van der Waals surface area contributed by atoms with Crippen LogP contribution in [0.5, 0.6) is 0 Å². The van der Waals surface area contributed by atoms with Crippen LogP contribution in [0.4, 0.5) is 14.6 Å². The van der Waals surface area contributed by atoms with E-state index in [1.54, 1.807) is 24.3 Å². The highest BCUT2D eigenvalue weighted by Crippen LogP contribution is 2.34. The number of halogens is 2. The Balaban J connectivity index is 1.89. The zero-order valence-electron chi connectivity index (χ0n) is 14.4. The van der Waals surface area contributed by atoms with Crippen LogP contribution >= 0.6 is 0 Å². The molecule has 2 aromatic heterocycles. The Morgan fingerprint density at radius 1 is 1.44 bits per heavy atom. The van der Waals surface area contributed by atoms with Crippen molar-refractivity contribution in [2.24, 2.45) is 0 Å². The number of pyridine rings is 1. The van der Waals surface area contributed by atoms with Crippen LogP contribution in [0.1, 0.15) is 48.3 Å². The maximum atomic E-state index is 13.3. The van der Waals surface area contributed by atoms with Crippen molar-refractivity contribution < 1.29 is 13.6 Å². The SMILES string of the molecule is CC(c1cccnc1)N(C)C(=O)c1cnn2c1N[C@@H](C)C[C@H]2C(F)F. The van der Waals surface area contributed by atoms with Crippen LogP contribution < -0.4 is 5.32 Å². The lowest BCUT2D eigenvalue weighted by molar-refractivity contribution is 0.0661. The monoisotopic (exact) mass is 349 g/mol. The summed E-state index contributed by atoms with van der Waals surface area (Å²) in [5.74, 6) is 0.0894. The summed E-state index contributed by atoms with van der Waals surface area (Å²) in [6.07, 6.45) is 2.47. The molecule has 0 aromatic carbocycles. The number of anilines is 1. The molecule has 0 bridgehead atoms. The van der Waals surface area contributed by atoms with Gasteiger partial charge < -0.3 is 10.2 Å². The highest BCUT2D eigenvalue weighted by atomic mass is 19.3. The third-order valence-electron chi connectivity index (χ3n) is 4.68. The van der Waals surface area contributed by atoms with Crippen LogP contribution in [0.15, 0.2) is 30.7 Å². The molecule has 0 radical (unpaired) electrons. The maximum Gasteiger partial charge on any atom is 0.260 e. The van der Waals surface area contributed by atoms with Gasteiger partial charge in [0.1, 0.15) is 17.4 Å². The first kappa shape index (κ1) is 17.3. The van der Waals surface area contributed by atoms with E-state index in [-0.39, 0.29) is 24.4 Å². The molecule has 0 saturated heterocycles. The standard InChI is InChI=1S/C17H21F2N5O/c1-10-7-14(15(18)19)24-16(22-10)13(9-21-24)17(25)23(3)11(2)12-5-4-6-20-8-12/h4-6,8-11,14-15,22H,7H2,1-3H3/t10-,11?,14-/m0/s1. The second kappa shape index (κ2) is 6.78. The molecular weight excluding hydrogens is 328 g/mol. The predicted octanol–water partition coefficient (Wildman–Crippen LogP) is 3.12. The second-order valence-corrected chi connectivity index (χ2v) is 6.41. The van der Waals surface area contributed by atoms with E-state index in [1.807, 2.05) is 26.0 Å². The lowest BCUT2D eigenvalue weighted by Crippen LogP contribution is -2.35. The molecule has 1 aliphatic rings. The summed E-state index contributed by atoms with van der Waals surface area (Å²) in [6.45, 7) is 3.71. The third-order valence-corrected chi connectivity index (χ3v) is 4.68. The number of aromatic nitrogens is 3. The van der Waals surface area contributed by atoms with Gasteiger partial charge in [-0.15, -0.1) is 0 Å². The van der Waals surface area contributed by atoms with Gasteiger partial charge in [-0.25, -0.2) is 13.5 Å². The molecule has 8 heteroatoms. The van der Waals surface area contributed by atoms with E-state index in [9.17, 15) is 13.6 Å². The van der Waals surface area contributed by atoms with Crippen molar-refractivity contribution in [3.05, 3.63) is 41.9 Å². The van der Waals surface area contributed by atoms with E-state index in [4.69, 9.17) is 0 Å². The molecule has 25 heavy (non-hydrogen) atoms. The third kappa shape index (κ3) is 3.20. The molecule has 3 rings (SSSR count). The van der Waals surface area contributed by atoms with Crippen LogP contribution in [0.2, 0.25) is 0 Å². The van der Waals surface area contributed by atoms with Gasteiger partial charge in [-0.2, -0.15) is 5.10 Å². The van der Waals surface area contributed by atoms with Gasteiger partial charge in [0.05, 0.1) is 12.2 Å². The summed E-state index contributed by atoms with van der Waals surface area (Å²) in [5, 5.41) is 7.16. The fourth-order valence-corrected chi connectivity index (χ4v) is 3.09. The number of nitrogens with zero attached hydrogens (tertiary/aromatic N) is 4. The number of carbonyl (C=O) groups excluding carboxylic acids is 1. The molecule has 3 heterocycles. The fraction of sp³-hybridized carbons (Fsp3) is 0.471. The number of amides is 1. The largest absolute Gasteiger partial charge is 0.367 e. The van der Waals surface area contributed by atoms with E-state index < -0.39 is 12.5 Å².